The minimum atomic E-state index is -1.03. The van der Waals surface area contributed by atoms with E-state index in [1.54, 1.807) is 18.3 Å². The zero-order valence-corrected chi connectivity index (χ0v) is 13.5. The molecule has 2 aromatic heterocycles. The van der Waals surface area contributed by atoms with E-state index in [0.717, 1.165) is 27.7 Å². The lowest BCUT2D eigenvalue weighted by Crippen LogP contribution is -2.12. The predicted octanol–water partition coefficient (Wildman–Crippen LogP) is 4.47. The zero-order chi connectivity index (χ0) is 16.8. The fourth-order valence-electron chi connectivity index (χ4n) is 2.26. The Bertz CT molecular complexity index is 811. The first-order valence-corrected chi connectivity index (χ1v) is 7.57. The molecule has 0 atom stereocenters. The number of carbonyl (C=O) groups excluding carboxylic acids is 1. The van der Waals surface area contributed by atoms with Crippen LogP contribution in [-0.4, -0.2) is 22.5 Å². The highest BCUT2D eigenvalue weighted by Crippen LogP contribution is 2.26. The number of rotatable bonds is 3. The normalized spacial score (nSPS) is 10.1. The van der Waals surface area contributed by atoms with Crippen molar-refractivity contribution in [3.05, 3.63) is 48.3 Å². The average molecular weight is 313 g/mol. The third-order valence-corrected chi connectivity index (χ3v) is 3.34. The van der Waals surface area contributed by atoms with Crippen LogP contribution in [0.15, 0.2) is 42.7 Å². The summed E-state index contributed by atoms with van der Waals surface area (Å²) in [6, 6.07) is 9.32. The van der Waals surface area contributed by atoms with E-state index in [2.05, 4.69) is 15.3 Å². The van der Waals surface area contributed by atoms with Crippen LogP contribution in [0.25, 0.3) is 22.2 Å². The summed E-state index contributed by atoms with van der Waals surface area (Å²) in [6.07, 6.45) is 3.69. The Morgan fingerprint density at radius 3 is 2.78 bits per heavy atom. The van der Waals surface area contributed by atoms with Gasteiger partial charge in [0.05, 0.1) is 0 Å². The van der Waals surface area contributed by atoms with Crippen LogP contribution in [-0.2, 0) is 4.79 Å². The number of hydrogen-bond donors (Lipinski definition) is 2. The van der Waals surface area contributed by atoms with Crippen molar-refractivity contribution in [1.29, 1.82) is 0 Å². The molecule has 0 unspecified atom stereocenters. The number of alkyl halides is 1. The molecule has 2 N–H and O–H groups in total. The van der Waals surface area contributed by atoms with Gasteiger partial charge in [-0.3, -0.25) is 4.79 Å². The molecule has 23 heavy (non-hydrogen) atoms. The molecule has 0 spiro atoms. The van der Waals surface area contributed by atoms with Gasteiger partial charge < -0.3 is 10.3 Å². The van der Waals surface area contributed by atoms with Crippen LogP contribution in [0.2, 0.25) is 0 Å². The number of amides is 1. The number of halogens is 1. The molecule has 2 heterocycles. The summed E-state index contributed by atoms with van der Waals surface area (Å²) in [7, 11) is 0. The van der Waals surface area contributed by atoms with Crippen LogP contribution < -0.4 is 5.32 Å². The zero-order valence-electron chi connectivity index (χ0n) is 13.5. The van der Waals surface area contributed by atoms with Crippen molar-refractivity contribution in [3.63, 3.8) is 0 Å². The Labute approximate surface area is 134 Å². The predicted molar refractivity (Wildman–Crippen MR) is 92.2 cm³/mol. The molecule has 0 aliphatic carbocycles. The first-order valence-electron chi connectivity index (χ1n) is 7.57. The second kappa shape index (κ2) is 7.54. The highest BCUT2D eigenvalue weighted by Gasteiger charge is 2.06. The van der Waals surface area contributed by atoms with Gasteiger partial charge in [-0.05, 0) is 36.2 Å². The first kappa shape index (κ1) is 16.7. The van der Waals surface area contributed by atoms with E-state index in [1.807, 2.05) is 45.2 Å². The topological polar surface area (TPSA) is 57.8 Å². The standard InChI is InChI=1S/C16H14FN3O.C2H6/c1-10-8-18-16-14(10)6-12(9-19-16)11-3-2-4-13(5-11)20-15(21)7-17;1-2/h2-6,8-9H,7H2,1H3,(H,18,19)(H,20,21);1-2H3. The van der Waals surface area contributed by atoms with Crippen LogP contribution in [0.1, 0.15) is 19.4 Å². The molecule has 3 rings (SSSR count). The Kier molecular flexibility index (Phi) is 5.46. The highest BCUT2D eigenvalue weighted by atomic mass is 19.1. The number of nitrogens with zero attached hydrogens (tertiary/aromatic N) is 1. The van der Waals surface area contributed by atoms with Crippen molar-refractivity contribution < 1.29 is 9.18 Å². The summed E-state index contributed by atoms with van der Waals surface area (Å²) >= 11 is 0. The molecule has 0 saturated carbocycles. The summed E-state index contributed by atoms with van der Waals surface area (Å²) in [6.45, 7) is 4.99. The van der Waals surface area contributed by atoms with Crippen molar-refractivity contribution in [2.24, 2.45) is 0 Å². The van der Waals surface area contributed by atoms with Crippen molar-refractivity contribution in [1.82, 2.24) is 9.97 Å². The summed E-state index contributed by atoms with van der Waals surface area (Å²) < 4.78 is 12.3. The lowest BCUT2D eigenvalue weighted by molar-refractivity contribution is -0.117. The molecular formula is C18H20FN3O. The summed E-state index contributed by atoms with van der Waals surface area (Å²) in [5, 5.41) is 3.57. The van der Waals surface area contributed by atoms with Gasteiger partial charge in [-0.25, -0.2) is 9.37 Å². The summed E-state index contributed by atoms with van der Waals surface area (Å²) in [5.74, 6) is -0.651. The second-order valence-corrected chi connectivity index (χ2v) is 4.85. The molecule has 0 aliphatic heterocycles. The number of anilines is 1. The molecule has 0 radical (unpaired) electrons. The maximum absolute atomic E-state index is 12.3. The van der Waals surface area contributed by atoms with E-state index in [9.17, 15) is 9.18 Å². The van der Waals surface area contributed by atoms with E-state index < -0.39 is 12.6 Å². The largest absolute Gasteiger partial charge is 0.346 e. The van der Waals surface area contributed by atoms with E-state index >= 15 is 0 Å². The SMILES string of the molecule is CC.Cc1c[nH]c2ncc(-c3cccc(NC(=O)CF)c3)cc12. The molecule has 120 valence electrons. The summed E-state index contributed by atoms with van der Waals surface area (Å²) in [5.41, 5.74) is 4.41. The number of carbonyl (C=O) groups is 1. The number of aromatic amines is 1. The molecule has 3 aromatic rings. The lowest BCUT2D eigenvalue weighted by Gasteiger charge is -2.06. The maximum atomic E-state index is 12.3. The van der Waals surface area contributed by atoms with Crippen molar-refractivity contribution in [2.45, 2.75) is 20.8 Å². The Morgan fingerprint density at radius 2 is 2.04 bits per heavy atom. The van der Waals surface area contributed by atoms with Crippen molar-refractivity contribution in [3.8, 4) is 11.1 Å². The Hall–Kier alpha value is -2.69. The lowest BCUT2D eigenvalue weighted by atomic mass is 10.1. The van der Waals surface area contributed by atoms with Crippen LogP contribution in [0.3, 0.4) is 0 Å². The van der Waals surface area contributed by atoms with E-state index in [-0.39, 0.29) is 0 Å². The maximum Gasteiger partial charge on any atom is 0.255 e. The molecule has 5 heteroatoms. The number of H-pyrrole nitrogens is 1. The quantitative estimate of drug-likeness (QED) is 0.749. The van der Waals surface area contributed by atoms with Gasteiger partial charge in [0.2, 0.25) is 0 Å². The highest BCUT2D eigenvalue weighted by molar-refractivity contribution is 5.92. The van der Waals surface area contributed by atoms with Gasteiger partial charge in [0.25, 0.3) is 5.91 Å². The second-order valence-electron chi connectivity index (χ2n) is 4.85. The molecule has 1 aromatic carbocycles. The number of benzene rings is 1. The monoisotopic (exact) mass is 313 g/mol. The number of fused-ring (bicyclic) bond motifs is 1. The molecule has 0 bridgehead atoms. The minimum Gasteiger partial charge on any atom is -0.346 e. The summed E-state index contributed by atoms with van der Waals surface area (Å²) in [4.78, 5) is 18.6. The smallest absolute Gasteiger partial charge is 0.255 e. The molecule has 0 aliphatic rings. The van der Waals surface area contributed by atoms with Crippen LogP contribution in [0.5, 0.6) is 0 Å². The number of aromatic nitrogens is 2. The number of nitrogens with one attached hydrogen (secondary N) is 2. The number of hydrogen-bond acceptors (Lipinski definition) is 2. The van der Waals surface area contributed by atoms with Crippen molar-refractivity contribution >= 4 is 22.6 Å². The van der Waals surface area contributed by atoms with Crippen LogP contribution in [0, 0.1) is 6.92 Å². The molecule has 0 fully saturated rings. The third kappa shape index (κ3) is 3.74. The van der Waals surface area contributed by atoms with Gasteiger partial charge >= 0.3 is 0 Å². The van der Waals surface area contributed by atoms with E-state index in [0.29, 0.717) is 5.69 Å². The van der Waals surface area contributed by atoms with Gasteiger partial charge in [-0.15, -0.1) is 0 Å². The minimum absolute atomic E-state index is 0.570. The fourth-order valence-corrected chi connectivity index (χ4v) is 2.26. The van der Waals surface area contributed by atoms with Crippen molar-refractivity contribution in [2.75, 3.05) is 12.0 Å². The van der Waals surface area contributed by atoms with Gasteiger partial charge in [0.1, 0.15) is 5.65 Å². The van der Waals surface area contributed by atoms with Gasteiger partial charge in [0.15, 0.2) is 6.67 Å². The first-order chi connectivity index (χ1) is 11.2. The molecular weight excluding hydrogens is 293 g/mol. The van der Waals surface area contributed by atoms with Crippen LogP contribution in [0.4, 0.5) is 10.1 Å². The number of pyridine rings is 1. The van der Waals surface area contributed by atoms with E-state index in [4.69, 9.17) is 0 Å². The molecule has 1 amide bonds. The molecule has 0 saturated heterocycles. The number of aryl methyl sites for hydroxylation is 1. The third-order valence-electron chi connectivity index (χ3n) is 3.34. The van der Waals surface area contributed by atoms with Gasteiger partial charge in [-0.1, -0.05) is 26.0 Å². The van der Waals surface area contributed by atoms with E-state index in [1.165, 1.54) is 0 Å². The van der Waals surface area contributed by atoms with Gasteiger partial charge in [0, 0.05) is 29.0 Å². The fraction of sp³-hybridized carbons (Fsp3) is 0.222. The Morgan fingerprint density at radius 1 is 1.26 bits per heavy atom. The van der Waals surface area contributed by atoms with Gasteiger partial charge in [-0.2, -0.15) is 0 Å². The average Bonchev–Trinajstić information content (AvgIpc) is 2.97. The van der Waals surface area contributed by atoms with Crippen LogP contribution >= 0.6 is 0 Å². The molecule has 4 nitrogen and oxygen atoms in total. The Balaban J connectivity index is 0.000000924.